The van der Waals surface area contributed by atoms with Crippen LogP contribution in [0.1, 0.15) is 64.9 Å². The minimum absolute atomic E-state index is 0.141. The SMILES string of the molecule is CC(C)(C)NCc1ccc(OC2CCCCCC2)c(Br)c1. The van der Waals surface area contributed by atoms with Gasteiger partial charge >= 0.3 is 0 Å². The number of ether oxygens (including phenoxy) is 1. The Morgan fingerprint density at radius 1 is 1.14 bits per heavy atom. The summed E-state index contributed by atoms with van der Waals surface area (Å²) in [4.78, 5) is 0. The predicted octanol–water partition coefficient (Wildman–Crippen LogP) is 5.44. The van der Waals surface area contributed by atoms with Gasteiger partial charge in [-0.15, -0.1) is 0 Å². The second-order valence-corrected chi connectivity index (χ2v) is 7.95. The number of hydrogen-bond acceptors (Lipinski definition) is 2. The molecule has 3 heteroatoms. The average Bonchev–Trinajstić information content (AvgIpc) is 2.67. The molecule has 0 heterocycles. The quantitative estimate of drug-likeness (QED) is 0.727. The Morgan fingerprint density at radius 3 is 2.38 bits per heavy atom. The lowest BCUT2D eigenvalue weighted by Crippen LogP contribution is -2.35. The van der Waals surface area contributed by atoms with Crippen LogP contribution >= 0.6 is 15.9 Å². The largest absolute Gasteiger partial charge is 0.489 e. The molecule has 1 aliphatic rings. The van der Waals surface area contributed by atoms with Crippen LogP contribution in [0.3, 0.4) is 0 Å². The Balaban J connectivity index is 1.95. The molecule has 118 valence electrons. The summed E-state index contributed by atoms with van der Waals surface area (Å²) in [6, 6.07) is 6.44. The van der Waals surface area contributed by atoms with Crippen LogP contribution in [0.2, 0.25) is 0 Å². The van der Waals surface area contributed by atoms with Crippen LogP contribution in [-0.2, 0) is 6.54 Å². The van der Waals surface area contributed by atoms with E-state index in [-0.39, 0.29) is 5.54 Å². The number of rotatable bonds is 4. The zero-order valence-corrected chi connectivity index (χ0v) is 15.1. The van der Waals surface area contributed by atoms with Crippen molar-refractivity contribution < 1.29 is 4.74 Å². The van der Waals surface area contributed by atoms with Gasteiger partial charge in [-0.1, -0.05) is 18.9 Å². The zero-order valence-electron chi connectivity index (χ0n) is 13.5. The van der Waals surface area contributed by atoms with Crippen molar-refractivity contribution in [1.29, 1.82) is 0 Å². The maximum absolute atomic E-state index is 6.20. The van der Waals surface area contributed by atoms with E-state index in [4.69, 9.17) is 4.74 Å². The van der Waals surface area contributed by atoms with Gasteiger partial charge in [0, 0.05) is 12.1 Å². The first-order valence-electron chi connectivity index (χ1n) is 8.14. The molecule has 1 saturated carbocycles. The van der Waals surface area contributed by atoms with Crippen LogP contribution in [0.25, 0.3) is 0 Å². The maximum Gasteiger partial charge on any atom is 0.133 e. The van der Waals surface area contributed by atoms with Crippen molar-refractivity contribution in [2.24, 2.45) is 0 Å². The van der Waals surface area contributed by atoms with Gasteiger partial charge in [0.05, 0.1) is 10.6 Å². The molecule has 0 bridgehead atoms. The summed E-state index contributed by atoms with van der Waals surface area (Å²) in [5.74, 6) is 0.987. The van der Waals surface area contributed by atoms with Gasteiger partial charge in [-0.2, -0.15) is 0 Å². The fraction of sp³-hybridized carbons (Fsp3) is 0.667. The van der Waals surface area contributed by atoms with Gasteiger partial charge in [0.1, 0.15) is 5.75 Å². The van der Waals surface area contributed by atoms with Crippen LogP contribution in [-0.4, -0.2) is 11.6 Å². The molecule has 0 radical (unpaired) electrons. The van der Waals surface area contributed by atoms with Crippen molar-refractivity contribution in [3.63, 3.8) is 0 Å². The topological polar surface area (TPSA) is 21.3 Å². The Morgan fingerprint density at radius 2 is 1.81 bits per heavy atom. The Labute approximate surface area is 137 Å². The highest BCUT2D eigenvalue weighted by atomic mass is 79.9. The van der Waals surface area contributed by atoms with Gasteiger partial charge in [-0.25, -0.2) is 0 Å². The third-order valence-electron chi connectivity index (χ3n) is 3.91. The fourth-order valence-corrected chi connectivity index (χ4v) is 3.18. The summed E-state index contributed by atoms with van der Waals surface area (Å²) in [6.45, 7) is 7.44. The molecule has 0 aromatic heterocycles. The molecule has 0 saturated heterocycles. The summed E-state index contributed by atoms with van der Waals surface area (Å²) >= 11 is 3.66. The highest BCUT2D eigenvalue weighted by molar-refractivity contribution is 9.10. The first kappa shape index (κ1) is 16.8. The third kappa shape index (κ3) is 5.99. The lowest BCUT2D eigenvalue weighted by atomic mass is 10.1. The standard InChI is InChI=1S/C18H28BrNO/c1-18(2,3)20-13-14-10-11-17(16(19)12-14)21-15-8-6-4-5-7-9-15/h10-12,15,20H,4-9,13H2,1-3H3. The number of nitrogens with one attached hydrogen (secondary N) is 1. The molecule has 0 atom stereocenters. The predicted molar refractivity (Wildman–Crippen MR) is 92.9 cm³/mol. The lowest BCUT2D eigenvalue weighted by molar-refractivity contribution is 0.182. The van der Waals surface area contributed by atoms with Gasteiger partial charge in [-0.05, 0) is 80.1 Å². The first-order valence-corrected chi connectivity index (χ1v) is 8.93. The molecule has 0 spiro atoms. The van der Waals surface area contributed by atoms with Gasteiger partial charge in [0.25, 0.3) is 0 Å². The molecule has 1 aliphatic carbocycles. The van der Waals surface area contributed by atoms with E-state index in [0.717, 1.165) is 16.8 Å². The molecular weight excluding hydrogens is 326 g/mol. The van der Waals surface area contributed by atoms with Gasteiger partial charge in [-0.3, -0.25) is 0 Å². The van der Waals surface area contributed by atoms with E-state index in [9.17, 15) is 0 Å². The van der Waals surface area contributed by atoms with Gasteiger partial charge in [0.2, 0.25) is 0 Å². The first-order chi connectivity index (χ1) is 9.94. The van der Waals surface area contributed by atoms with Crippen molar-refractivity contribution in [2.75, 3.05) is 0 Å². The Kier molecular flexibility index (Phi) is 6.12. The zero-order chi connectivity index (χ0) is 15.3. The summed E-state index contributed by atoms with van der Waals surface area (Å²) in [5.41, 5.74) is 1.42. The molecule has 0 aliphatic heterocycles. The van der Waals surface area contributed by atoms with Crippen LogP contribution in [0.15, 0.2) is 22.7 Å². The van der Waals surface area contributed by atoms with Gasteiger partial charge < -0.3 is 10.1 Å². The van der Waals surface area contributed by atoms with E-state index in [2.05, 4.69) is 60.2 Å². The van der Waals surface area contributed by atoms with E-state index in [1.54, 1.807) is 0 Å². The average molecular weight is 354 g/mol. The summed E-state index contributed by atoms with van der Waals surface area (Å²) in [7, 11) is 0. The molecule has 1 N–H and O–H groups in total. The Hall–Kier alpha value is -0.540. The molecule has 1 fully saturated rings. The van der Waals surface area contributed by atoms with E-state index in [1.165, 1.54) is 44.1 Å². The van der Waals surface area contributed by atoms with Crippen LogP contribution in [0, 0.1) is 0 Å². The molecule has 0 unspecified atom stereocenters. The molecule has 21 heavy (non-hydrogen) atoms. The van der Waals surface area contributed by atoms with E-state index >= 15 is 0 Å². The van der Waals surface area contributed by atoms with Gasteiger partial charge in [0.15, 0.2) is 0 Å². The minimum Gasteiger partial charge on any atom is -0.489 e. The summed E-state index contributed by atoms with van der Waals surface area (Å²) in [5, 5.41) is 3.51. The van der Waals surface area contributed by atoms with Crippen LogP contribution < -0.4 is 10.1 Å². The van der Waals surface area contributed by atoms with E-state index in [0.29, 0.717) is 6.10 Å². The van der Waals surface area contributed by atoms with Crippen molar-refractivity contribution in [3.8, 4) is 5.75 Å². The molecule has 2 nitrogen and oxygen atoms in total. The minimum atomic E-state index is 0.141. The Bertz CT molecular complexity index is 445. The van der Waals surface area contributed by atoms with E-state index in [1.807, 2.05) is 0 Å². The summed E-state index contributed by atoms with van der Waals surface area (Å²) in [6.07, 6.45) is 8.10. The highest BCUT2D eigenvalue weighted by Crippen LogP contribution is 2.30. The second kappa shape index (κ2) is 7.64. The number of halogens is 1. The van der Waals surface area contributed by atoms with Crippen molar-refractivity contribution >= 4 is 15.9 Å². The maximum atomic E-state index is 6.20. The number of benzene rings is 1. The molecule has 1 aromatic carbocycles. The summed E-state index contributed by atoms with van der Waals surface area (Å²) < 4.78 is 7.27. The van der Waals surface area contributed by atoms with Crippen molar-refractivity contribution in [2.45, 2.75) is 77.5 Å². The second-order valence-electron chi connectivity index (χ2n) is 7.10. The molecule has 1 aromatic rings. The van der Waals surface area contributed by atoms with Crippen molar-refractivity contribution in [1.82, 2.24) is 5.32 Å². The number of hydrogen-bond donors (Lipinski definition) is 1. The third-order valence-corrected chi connectivity index (χ3v) is 4.53. The smallest absolute Gasteiger partial charge is 0.133 e. The van der Waals surface area contributed by atoms with E-state index < -0.39 is 0 Å². The molecule has 0 amide bonds. The van der Waals surface area contributed by atoms with Crippen LogP contribution in [0.4, 0.5) is 0 Å². The lowest BCUT2D eigenvalue weighted by Gasteiger charge is -2.21. The normalized spacial score (nSPS) is 17.5. The monoisotopic (exact) mass is 353 g/mol. The molecular formula is C18H28BrNO. The molecule has 2 rings (SSSR count). The fourth-order valence-electron chi connectivity index (χ4n) is 2.66. The van der Waals surface area contributed by atoms with Crippen LogP contribution in [0.5, 0.6) is 5.75 Å². The van der Waals surface area contributed by atoms with Crippen molar-refractivity contribution in [3.05, 3.63) is 28.2 Å². The highest BCUT2D eigenvalue weighted by Gasteiger charge is 2.15.